The highest BCUT2D eigenvalue weighted by molar-refractivity contribution is 7.12. The minimum Gasteiger partial charge on any atom is -0.308 e. The number of nitrogens with one attached hydrogen (secondary N) is 1. The molecule has 1 aliphatic carbocycles. The zero-order valence-corrected chi connectivity index (χ0v) is 12.1. The summed E-state index contributed by atoms with van der Waals surface area (Å²) < 4.78 is 13.6. The lowest BCUT2D eigenvalue weighted by Gasteiger charge is -2.06. The summed E-state index contributed by atoms with van der Waals surface area (Å²) in [5.74, 6) is -0.242. The number of hydrogen-bond donors (Lipinski definition) is 1. The van der Waals surface area contributed by atoms with Crippen molar-refractivity contribution >= 4 is 22.9 Å². The Kier molecular flexibility index (Phi) is 3.87. The van der Waals surface area contributed by atoms with Crippen LogP contribution in [0.2, 0.25) is 5.02 Å². The standard InChI is InChI=1S/C15H15ClFNS/c16-13-4-2-5-14(17)12(13)9-18-8-11-7-10-3-1-6-15(10)19-11/h2,4-5,7,18H,1,3,6,8-9H2. The van der Waals surface area contributed by atoms with E-state index in [1.807, 2.05) is 11.3 Å². The molecule has 1 aliphatic rings. The number of fused-ring (bicyclic) bond motifs is 1. The molecule has 4 heteroatoms. The van der Waals surface area contributed by atoms with Gasteiger partial charge in [0.15, 0.2) is 0 Å². The molecular weight excluding hydrogens is 281 g/mol. The van der Waals surface area contributed by atoms with Gasteiger partial charge in [0.05, 0.1) is 0 Å². The summed E-state index contributed by atoms with van der Waals surface area (Å²) in [5.41, 5.74) is 2.05. The van der Waals surface area contributed by atoms with Crippen molar-refractivity contribution in [3.05, 3.63) is 56.0 Å². The fraction of sp³-hybridized carbons (Fsp3) is 0.333. The Hall–Kier alpha value is -0.900. The molecule has 0 unspecified atom stereocenters. The van der Waals surface area contributed by atoms with E-state index in [0.29, 0.717) is 17.1 Å². The molecule has 1 nitrogen and oxygen atoms in total. The largest absolute Gasteiger partial charge is 0.308 e. The second-order valence-electron chi connectivity index (χ2n) is 4.82. The summed E-state index contributed by atoms with van der Waals surface area (Å²) in [6.07, 6.45) is 3.73. The number of rotatable bonds is 4. The molecule has 0 saturated heterocycles. The fourth-order valence-corrected chi connectivity index (χ4v) is 3.95. The average Bonchev–Trinajstić information content (AvgIpc) is 2.93. The van der Waals surface area contributed by atoms with E-state index in [9.17, 15) is 4.39 Å². The lowest BCUT2D eigenvalue weighted by Crippen LogP contribution is -2.13. The Morgan fingerprint density at radius 3 is 2.95 bits per heavy atom. The second kappa shape index (κ2) is 5.61. The monoisotopic (exact) mass is 295 g/mol. The van der Waals surface area contributed by atoms with Crippen LogP contribution in [0.3, 0.4) is 0 Å². The molecule has 0 radical (unpaired) electrons. The van der Waals surface area contributed by atoms with Crippen LogP contribution in [0.15, 0.2) is 24.3 Å². The molecule has 19 heavy (non-hydrogen) atoms. The highest BCUT2D eigenvalue weighted by Crippen LogP contribution is 2.30. The molecule has 100 valence electrons. The molecule has 0 spiro atoms. The first-order chi connectivity index (χ1) is 9.24. The van der Waals surface area contributed by atoms with E-state index in [0.717, 1.165) is 6.54 Å². The van der Waals surface area contributed by atoms with Crippen molar-refractivity contribution in [3.8, 4) is 0 Å². The molecule has 1 N–H and O–H groups in total. The zero-order chi connectivity index (χ0) is 13.2. The van der Waals surface area contributed by atoms with Gasteiger partial charge in [-0.2, -0.15) is 0 Å². The van der Waals surface area contributed by atoms with Crippen molar-refractivity contribution in [1.29, 1.82) is 0 Å². The van der Waals surface area contributed by atoms with Crippen molar-refractivity contribution in [2.75, 3.05) is 0 Å². The lowest BCUT2D eigenvalue weighted by atomic mass is 10.2. The molecule has 2 aromatic rings. The van der Waals surface area contributed by atoms with E-state index in [1.165, 1.54) is 40.6 Å². The summed E-state index contributed by atoms with van der Waals surface area (Å²) in [5, 5.41) is 3.76. The predicted molar refractivity (Wildman–Crippen MR) is 78.3 cm³/mol. The van der Waals surface area contributed by atoms with Crippen molar-refractivity contribution in [2.24, 2.45) is 0 Å². The summed E-state index contributed by atoms with van der Waals surface area (Å²) in [6.45, 7) is 1.25. The number of benzene rings is 1. The topological polar surface area (TPSA) is 12.0 Å². The summed E-state index contributed by atoms with van der Waals surface area (Å²) >= 11 is 7.87. The van der Waals surface area contributed by atoms with E-state index in [-0.39, 0.29) is 5.82 Å². The van der Waals surface area contributed by atoms with E-state index in [2.05, 4.69) is 11.4 Å². The maximum Gasteiger partial charge on any atom is 0.129 e. The second-order valence-corrected chi connectivity index (χ2v) is 6.45. The first-order valence-electron chi connectivity index (χ1n) is 6.48. The van der Waals surface area contributed by atoms with Gasteiger partial charge in [0.1, 0.15) is 5.82 Å². The number of aryl methyl sites for hydroxylation is 2. The van der Waals surface area contributed by atoms with Gasteiger partial charge in [0, 0.05) is 33.4 Å². The predicted octanol–water partition coefficient (Wildman–Crippen LogP) is 4.32. The van der Waals surface area contributed by atoms with Crippen molar-refractivity contribution in [3.63, 3.8) is 0 Å². The molecule has 3 rings (SSSR count). The SMILES string of the molecule is Fc1cccc(Cl)c1CNCc1cc2c(s1)CCC2. The van der Waals surface area contributed by atoms with Gasteiger partial charge >= 0.3 is 0 Å². The van der Waals surface area contributed by atoms with Crippen molar-refractivity contribution < 1.29 is 4.39 Å². The minimum absolute atomic E-state index is 0.242. The molecule has 0 amide bonds. The van der Waals surface area contributed by atoms with E-state index < -0.39 is 0 Å². The third-order valence-electron chi connectivity index (χ3n) is 3.46. The normalized spacial score (nSPS) is 13.8. The van der Waals surface area contributed by atoms with E-state index >= 15 is 0 Å². The quantitative estimate of drug-likeness (QED) is 0.886. The third-order valence-corrected chi connectivity index (χ3v) is 5.05. The number of halogens is 2. The fourth-order valence-electron chi connectivity index (χ4n) is 2.49. The zero-order valence-electron chi connectivity index (χ0n) is 10.5. The van der Waals surface area contributed by atoms with Gasteiger partial charge in [0.2, 0.25) is 0 Å². The van der Waals surface area contributed by atoms with Crippen molar-refractivity contribution in [1.82, 2.24) is 5.32 Å². The Morgan fingerprint density at radius 2 is 2.16 bits per heavy atom. The third kappa shape index (κ3) is 2.83. The number of thiophene rings is 1. The first kappa shape index (κ1) is 13.1. The molecule has 1 aromatic carbocycles. The molecule has 0 fully saturated rings. The van der Waals surface area contributed by atoms with Crippen LogP contribution in [0, 0.1) is 5.82 Å². The van der Waals surface area contributed by atoms with Crippen LogP contribution in [0.5, 0.6) is 0 Å². The van der Waals surface area contributed by atoms with Crippen LogP contribution in [0.1, 0.15) is 27.3 Å². The molecule has 0 saturated carbocycles. The van der Waals surface area contributed by atoms with Crippen LogP contribution < -0.4 is 5.32 Å². The Morgan fingerprint density at radius 1 is 1.26 bits per heavy atom. The molecular formula is C15H15ClFNS. The molecule has 0 bridgehead atoms. The highest BCUT2D eigenvalue weighted by Gasteiger charge is 2.14. The molecule has 0 atom stereocenters. The summed E-state index contributed by atoms with van der Waals surface area (Å²) in [6, 6.07) is 7.08. The van der Waals surface area contributed by atoms with E-state index in [4.69, 9.17) is 11.6 Å². The lowest BCUT2D eigenvalue weighted by molar-refractivity contribution is 0.589. The van der Waals surface area contributed by atoms with Crippen LogP contribution in [0.25, 0.3) is 0 Å². The van der Waals surface area contributed by atoms with Crippen LogP contribution in [-0.2, 0) is 25.9 Å². The van der Waals surface area contributed by atoms with Gasteiger partial charge in [-0.05, 0) is 43.0 Å². The minimum atomic E-state index is -0.242. The van der Waals surface area contributed by atoms with Gasteiger partial charge in [-0.3, -0.25) is 0 Å². The smallest absolute Gasteiger partial charge is 0.129 e. The van der Waals surface area contributed by atoms with Gasteiger partial charge in [-0.1, -0.05) is 17.7 Å². The average molecular weight is 296 g/mol. The van der Waals surface area contributed by atoms with Gasteiger partial charge in [-0.15, -0.1) is 11.3 Å². The van der Waals surface area contributed by atoms with Crippen LogP contribution in [-0.4, -0.2) is 0 Å². The summed E-state index contributed by atoms with van der Waals surface area (Å²) in [7, 11) is 0. The summed E-state index contributed by atoms with van der Waals surface area (Å²) in [4.78, 5) is 2.86. The van der Waals surface area contributed by atoms with Crippen LogP contribution in [0.4, 0.5) is 4.39 Å². The maximum absolute atomic E-state index is 13.6. The Labute approximate surface area is 121 Å². The molecule has 1 heterocycles. The molecule has 0 aliphatic heterocycles. The van der Waals surface area contributed by atoms with Gasteiger partial charge in [-0.25, -0.2) is 4.39 Å². The number of hydrogen-bond acceptors (Lipinski definition) is 2. The molecule has 1 aromatic heterocycles. The van der Waals surface area contributed by atoms with E-state index in [1.54, 1.807) is 12.1 Å². The van der Waals surface area contributed by atoms with Gasteiger partial charge in [0.25, 0.3) is 0 Å². The van der Waals surface area contributed by atoms with Gasteiger partial charge < -0.3 is 5.32 Å². The highest BCUT2D eigenvalue weighted by atomic mass is 35.5. The Bertz CT molecular complexity index is 552. The first-order valence-corrected chi connectivity index (χ1v) is 7.67. The maximum atomic E-state index is 13.6. The van der Waals surface area contributed by atoms with Crippen LogP contribution >= 0.6 is 22.9 Å². The van der Waals surface area contributed by atoms with Crippen molar-refractivity contribution in [2.45, 2.75) is 32.4 Å². The Balaban J connectivity index is 1.61.